The number of carbonyl (C=O) groups is 1. The number of allylic oxidation sites excluding steroid dienone is 1. The Balaban J connectivity index is 2.71. The Kier molecular flexibility index (Phi) is 8.94. The molecule has 23 heavy (non-hydrogen) atoms. The number of carbonyl (C=O) groups excluding carboxylic acids is 1. The van der Waals surface area contributed by atoms with Crippen LogP contribution in [0, 0.1) is 0 Å². The van der Waals surface area contributed by atoms with Gasteiger partial charge in [0.1, 0.15) is 6.10 Å². The van der Waals surface area contributed by atoms with E-state index in [9.17, 15) is 4.79 Å². The number of pyridine rings is 1. The zero-order valence-corrected chi connectivity index (χ0v) is 14.2. The molecule has 0 unspecified atom stereocenters. The van der Waals surface area contributed by atoms with Crippen LogP contribution in [0.1, 0.15) is 23.2 Å². The second-order valence-electron chi connectivity index (χ2n) is 5.32. The first-order valence-corrected chi connectivity index (χ1v) is 7.73. The first-order valence-electron chi connectivity index (χ1n) is 7.73. The van der Waals surface area contributed by atoms with E-state index in [2.05, 4.69) is 21.8 Å². The summed E-state index contributed by atoms with van der Waals surface area (Å²) in [5.41, 5.74) is 0.535. The Morgan fingerprint density at radius 2 is 2.35 bits per heavy atom. The fourth-order valence-corrected chi connectivity index (χ4v) is 2.11. The van der Waals surface area contributed by atoms with Gasteiger partial charge in [-0.1, -0.05) is 6.08 Å². The van der Waals surface area contributed by atoms with Crippen molar-refractivity contribution in [3.8, 4) is 5.88 Å². The van der Waals surface area contributed by atoms with Gasteiger partial charge in [0.2, 0.25) is 5.88 Å². The van der Waals surface area contributed by atoms with Crippen LogP contribution in [0.2, 0.25) is 0 Å². The van der Waals surface area contributed by atoms with Crippen LogP contribution >= 0.6 is 0 Å². The molecule has 6 nitrogen and oxygen atoms in total. The number of ether oxygens (including phenoxy) is 2. The molecular formula is C17H27N3O3. The molecule has 1 aromatic rings. The second-order valence-corrected chi connectivity index (χ2v) is 5.32. The Labute approximate surface area is 138 Å². The monoisotopic (exact) mass is 321 g/mol. The standard InChI is InChI=1S/C17H27N3O3/c1-5-6-7-15(13-20(3)10-11-22-4)23-16-12-14(8-9-19-16)17(21)18-2/h5,8-9,12,15H,1,6-7,10-11,13H2,2-4H3,(H,18,21)/t15-/m0/s1. The van der Waals surface area contributed by atoms with Crippen molar-refractivity contribution >= 4 is 5.91 Å². The quantitative estimate of drug-likeness (QED) is 0.629. The van der Waals surface area contributed by atoms with Gasteiger partial charge >= 0.3 is 0 Å². The molecular weight excluding hydrogens is 294 g/mol. The molecule has 128 valence electrons. The zero-order valence-electron chi connectivity index (χ0n) is 14.2. The Hall–Kier alpha value is -1.92. The minimum Gasteiger partial charge on any atom is -0.473 e. The summed E-state index contributed by atoms with van der Waals surface area (Å²) in [5.74, 6) is 0.303. The lowest BCUT2D eigenvalue weighted by molar-refractivity contribution is 0.0958. The highest BCUT2D eigenvalue weighted by molar-refractivity contribution is 5.94. The molecule has 0 aromatic carbocycles. The van der Waals surface area contributed by atoms with E-state index in [1.54, 1.807) is 32.5 Å². The van der Waals surface area contributed by atoms with Crippen LogP contribution in [0.15, 0.2) is 31.0 Å². The van der Waals surface area contributed by atoms with Gasteiger partial charge in [-0.05, 0) is 26.0 Å². The average Bonchev–Trinajstić information content (AvgIpc) is 2.57. The van der Waals surface area contributed by atoms with Gasteiger partial charge < -0.3 is 19.7 Å². The third-order valence-electron chi connectivity index (χ3n) is 3.40. The molecule has 1 heterocycles. The normalized spacial score (nSPS) is 12.0. The fourth-order valence-electron chi connectivity index (χ4n) is 2.11. The van der Waals surface area contributed by atoms with Crippen molar-refractivity contribution in [2.75, 3.05) is 40.9 Å². The molecule has 0 bridgehead atoms. The Morgan fingerprint density at radius 1 is 1.57 bits per heavy atom. The molecule has 0 saturated heterocycles. The molecule has 0 aliphatic carbocycles. The van der Waals surface area contributed by atoms with E-state index in [0.717, 1.165) is 25.9 Å². The summed E-state index contributed by atoms with van der Waals surface area (Å²) in [6.45, 7) is 6.02. The number of rotatable bonds is 11. The molecule has 6 heteroatoms. The van der Waals surface area contributed by atoms with E-state index < -0.39 is 0 Å². The number of nitrogens with zero attached hydrogens (tertiary/aromatic N) is 2. The number of hydrogen-bond donors (Lipinski definition) is 1. The minimum absolute atomic E-state index is 0.0257. The fraction of sp³-hybridized carbons (Fsp3) is 0.529. The highest BCUT2D eigenvalue weighted by atomic mass is 16.5. The average molecular weight is 321 g/mol. The first kappa shape index (κ1) is 19.1. The third-order valence-corrected chi connectivity index (χ3v) is 3.40. The zero-order chi connectivity index (χ0) is 17.1. The molecule has 0 spiro atoms. The Morgan fingerprint density at radius 3 is 3.00 bits per heavy atom. The highest BCUT2D eigenvalue weighted by Gasteiger charge is 2.15. The first-order chi connectivity index (χ1) is 11.1. The van der Waals surface area contributed by atoms with Gasteiger partial charge in [-0.2, -0.15) is 0 Å². The SMILES string of the molecule is C=CCC[C@@H](CN(C)CCOC)Oc1cc(C(=O)NC)ccn1. The molecule has 1 rings (SSSR count). The van der Waals surface area contributed by atoms with Crippen molar-refractivity contribution < 1.29 is 14.3 Å². The molecule has 1 amide bonds. The lowest BCUT2D eigenvalue weighted by Gasteiger charge is -2.24. The van der Waals surface area contributed by atoms with E-state index in [1.807, 2.05) is 13.1 Å². The predicted molar refractivity (Wildman–Crippen MR) is 90.8 cm³/mol. The van der Waals surface area contributed by atoms with Gasteiger partial charge in [0.25, 0.3) is 5.91 Å². The lowest BCUT2D eigenvalue weighted by atomic mass is 10.2. The summed E-state index contributed by atoms with van der Waals surface area (Å²) in [6, 6.07) is 3.32. The van der Waals surface area contributed by atoms with E-state index in [-0.39, 0.29) is 12.0 Å². The second kappa shape index (κ2) is 10.7. The van der Waals surface area contributed by atoms with Crippen LogP contribution in [0.5, 0.6) is 5.88 Å². The molecule has 1 N–H and O–H groups in total. The van der Waals surface area contributed by atoms with Gasteiger partial charge in [-0.15, -0.1) is 6.58 Å². The third kappa shape index (κ3) is 7.25. The summed E-state index contributed by atoms with van der Waals surface area (Å²) in [5, 5.41) is 2.59. The van der Waals surface area contributed by atoms with E-state index in [1.165, 1.54) is 0 Å². The minimum atomic E-state index is -0.155. The van der Waals surface area contributed by atoms with E-state index in [0.29, 0.717) is 18.1 Å². The summed E-state index contributed by atoms with van der Waals surface area (Å²) >= 11 is 0. The van der Waals surface area contributed by atoms with Crippen LogP contribution in [-0.4, -0.2) is 62.8 Å². The molecule has 1 aromatic heterocycles. The van der Waals surface area contributed by atoms with Crippen molar-refractivity contribution in [1.29, 1.82) is 0 Å². The smallest absolute Gasteiger partial charge is 0.251 e. The van der Waals surface area contributed by atoms with Crippen molar-refractivity contribution in [3.05, 3.63) is 36.5 Å². The van der Waals surface area contributed by atoms with Gasteiger partial charge in [0.05, 0.1) is 6.61 Å². The predicted octanol–water partition coefficient (Wildman–Crippen LogP) is 1.73. The number of aromatic nitrogens is 1. The summed E-state index contributed by atoms with van der Waals surface area (Å²) in [4.78, 5) is 18.0. The highest BCUT2D eigenvalue weighted by Crippen LogP contribution is 2.14. The maximum atomic E-state index is 11.7. The maximum Gasteiger partial charge on any atom is 0.251 e. The lowest BCUT2D eigenvalue weighted by Crippen LogP contribution is -2.35. The Bertz CT molecular complexity index is 494. The van der Waals surface area contributed by atoms with Gasteiger partial charge in [0.15, 0.2) is 0 Å². The number of hydrogen-bond acceptors (Lipinski definition) is 5. The number of likely N-dealkylation sites (N-methyl/N-ethyl adjacent to an activating group) is 1. The number of methoxy groups -OCH3 is 1. The van der Waals surface area contributed by atoms with Crippen molar-refractivity contribution in [2.24, 2.45) is 0 Å². The largest absolute Gasteiger partial charge is 0.473 e. The molecule has 0 fully saturated rings. The molecule has 0 saturated carbocycles. The summed E-state index contributed by atoms with van der Waals surface area (Å²) in [7, 11) is 5.31. The summed E-state index contributed by atoms with van der Waals surface area (Å²) < 4.78 is 11.1. The molecule has 1 atom stereocenters. The van der Waals surface area contributed by atoms with Crippen LogP contribution < -0.4 is 10.1 Å². The van der Waals surface area contributed by atoms with Crippen LogP contribution in [-0.2, 0) is 4.74 Å². The van der Waals surface area contributed by atoms with E-state index >= 15 is 0 Å². The van der Waals surface area contributed by atoms with Gasteiger partial charge in [-0.3, -0.25) is 4.79 Å². The summed E-state index contributed by atoms with van der Waals surface area (Å²) in [6.07, 6.45) is 5.13. The van der Waals surface area contributed by atoms with Crippen LogP contribution in [0.3, 0.4) is 0 Å². The molecule has 0 aliphatic rings. The van der Waals surface area contributed by atoms with Gasteiger partial charge in [-0.25, -0.2) is 4.98 Å². The maximum absolute atomic E-state index is 11.7. The van der Waals surface area contributed by atoms with Gasteiger partial charge in [0, 0.05) is 45.1 Å². The van der Waals surface area contributed by atoms with Crippen molar-refractivity contribution in [1.82, 2.24) is 15.2 Å². The number of nitrogens with one attached hydrogen (secondary N) is 1. The molecule has 0 aliphatic heterocycles. The molecule has 0 radical (unpaired) electrons. The topological polar surface area (TPSA) is 63.7 Å². The van der Waals surface area contributed by atoms with Crippen molar-refractivity contribution in [2.45, 2.75) is 18.9 Å². The van der Waals surface area contributed by atoms with E-state index in [4.69, 9.17) is 9.47 Å². The van der Waals surface area contributed by atoms with Crippen LogP contribution in [0.25, 0.3) is 0 Å². The van der Waals surface area contributed by atoms with Crippen molar-refractivity contribution in [3.63, 3.8) is 0 Å². The number of amides is 1. The van der Waals surface area contributed by atoms with Crippen LogP contribution in [0.4, 0.5) is 0 Å².